The van der Waals surface area contributed by atoms with Gasteiger partial charge in [-0.3, -0.25) is 15.1 Å². The molecule has 1 atom stereocenters. The Labute approximate surface area is 78.6 Å². The largest absolute Gasteiger partial charge is 0.368 e. The highest BCUT2D eigenvalue weighted by Gasteiger charge is 2.17. The molecule has 1 saturated heterocycles. The van der Waals surface area contributed by atoms with E-state index < -0.39 is 0 Å². The maximum absolute atomic E-state index is 8.39. The first-order valence-electron chi connectivity index (χ1n) is 4.68. The van der Waals surface area contributed by atoms with Crippen LogP contribution in [0.2, 0.25) is 0 Å². The van der Waals surface area contributed by atoms with Crippen molar-refractivity contribution >= 4 is 5.96 Å². The molecule has 0 bridgehead atoms. The number of nitrogens with one attached hydrogen (secondary N) is 1. The zero-order valence-electron chi connectivity index (χ0n) is 8.03. The lowest BCUT2D eigenvalue weighted by Crippen LogP contribution is -2.35. The van der Waals surface area contributed by atoms with Crippen LogP contribution in [0.25, 0.3) is 0 Å². The van der Waals surface area contributed by atoms with Crippen LogP contribution >= 0.6 is 0 Å². The van der Waals surface area contributed by atoms with E-state index in [4.69, 9.17) is 10.9 Å². The minimum atomic E-state index is 0.0889. The normalized spacial score (nSPS) is 21.8. The van der Waals surface area contributed by atoms with Gasteiger partial charge in [0.25, 0.3) is 0 Å². The second kappa shape index (κ2) is 5.04. The molecular formula is C8H18N4O. The van der Waals surface area contributed by atoms with Gasteiger partial charge in [0.15, 0.2) is 0 Å². The summed E-state index contributed by atoms with van der Waals surface area (Å²) in [6.45, 7) is 5.07. The maximum Gasteiger partial charge on any atom is 0.212 e. The van der Waals surface area contributed by atoms with Gasteiger partial charge in [0.1, 0.15) is 0 Å². The predicted octanol–water partition coefficient (Wildman–Crippen LogP) is -0.236. The van der Waals surface area contributed by atoms with Crippen molar-refractivity contribution in [1.29, 1.82) is 0 Å². The number of nitrogens with two attached hydrogens (primary N) is 1. The van der Waals surface area contributed by atoms with Crippen LogP contribution in [0.5, 0.6) is 0 Å². The molecule has 0 aromatic rings. The van der Waals surface area contributed by atoms with E-state index in [1.54, 1.807) is 0 Å². The fourth-order valence-corrected chi connectivity index (χ4v) is 1.56. The van der Waals surface area contributed by atoms with Crippen molar-refractivity contribution in [2.24, 2.45) is 10.7 Å². The average molecular weight is 186 g/mol. The summed E-state index contributed by atoms with van der Waals surface area (Å²) >= 11 is 0. The molecule has 0 aliphatic carbocycles. The van der Waals surface area contributed by atoms with Crippen LogP contribution in [0, 0.1) is 0 Å². The molecular weight excluding hydrogens is 168 g/mol. The molecule has 76 valence electrons. The maximum atomic E-state index is 8.39. The van der Waals surface area contributed by atoms with Crippen LogP contribution in [0.4, 0.5) is 0 Å². The molecule has 1 unspecified atom stereocenters. The molecule has 13 heavy (non-hydrogen) atoms. The van der Waals surface area contributed by atoms with Gasteiger partial charge in [-0.15, -0.1) is 0 Å². The molecule has 0 aromatic heterocycles. The Balaban J connectivity index is 2.27. The number of nitrogens with zero attached hydrogens (tertiary/aromatic N) is 2. The standard InChI is InChI=1S/C8H18N4O/c1-7(6-10-8(9)11-13)12-4-2-3-5-12/h7,13H,2-6H2,1H3,(H3,9,10,11). The van der Waals surface area contributed by atoms with Gasteiger partial charge in [0.2, 0.25) is 5.96 Å². The summed E-state index contributed by atoms with van der Waals surface area (Å²) in [5, 5.41) is 8.39. The highest BCUT2D eigenvalue weighted by atomic mass is 16.5. The summed E-state index contributed by atoms with van der Waals surface area (Å²) < 4.78 is 0. The van der Waals surface area contributed by atoms with Gasteiger partial charge < -0.3 is 5.73 Å². The van der Waals surface area contributed by atoms with Crippen LogP contribution < -0.4 is 11.2 Å². The van der Waals surface area contributed by atoms with Gasteiger partial charge in [0.05, 0.1) is 6.54 Å². The van der Waals surface area contributed by atoms with Crippen molar-refractivity contribution in [2.45, 2.75) is 25.8 Å². The Morgan fingerprint density at radius 1 is 1.62 bits per heavy atom. The topological polar surface area (TPSA) is 73.9 Å². The van der Waals surface area contributed by atoms with Gasteiger partial charge in [-0.25, -0.2) is 5.48 Å². The third kappa shape index (κ3) is 3.20. The average Bonchev–Trinajstić information content (AvgIpc) is 2.66. The van der Waals surface area contributed by atoms with E-state index in [0.29, 0.717) is 12.6 Å². The molecule has 0 saturated carbocycles. The van der Waals surface area contributed by atoms with Crippen LogP contribution in [-0.4, -0.2) is 41.7 Å². The molecule has 0 amide bonds. The summed E-state index contributed by atoms with van der Waals surface area (Å²) in [5.41, 5.74) is 7.11. The molecule has 5 nitrogen and oxygen atoms in total. The Morgan fingerprint density at radius 2 is 2.23 bits per heavy atom. The minimum absolute atomic E-state index is 0.0889. The van der Waals surface area contributed by atoms with Crippen molar-refractivity contribution in [3.05, 3.63) is 0 Å². The molecule has 0 aromatic carbocycles. The Bertz CT molecular complexity index is 177. The highest BCUT2D eigenvalue weighted by molar-refractivity contribution is 5.76. The van der Waals surface area contributed by atoms with E-state index in [1.165, 1.54) is 12.8 Å². The number of aliphatic imine (C=N–C) groups is 1. The number of rotatable bonds is 3. The van der Waals surface area contributed by atoms with E-state index in [9.17, 15) is 0 Å². The number of guanidine groups is 1. The lowest BCUT2D eigenvalue weighted by atomic mass is 10.3. The lowest BCUT2D eigenvalue weighted by molar-refractivity contribution is 0.230. The van der Waals surface area contributed by atoms with Crippen LogP contribution in [0.1, 0.15) is 19.8 Å². The van der Waals surface area contributed by atoms with E-state index in [-0.39, 0.29) is 5.96 Å². The SMILES string of the molecule is CC(CN=C(N)NO)N1CCCC1. The fourth-order valence-electron chi connectivity index (χ4n) is 1.56. The fraction of sp³-hybridized carbons (Fsp3) is 0.875. The van der Waals surface area contributed by atoms with E-state index in [2.05, 4.69) is 16.8 Å². The van der Waals surface area contributed by atoms with Crippen LogP contribution in [0.3, 0.4) is 0 Å². The van der Waals surface area contributed by atoms with Gasteiger partial charge in [-0.05, 0) is 32.9 Å². The van der Waals surface area contributed by atoms with Gasteiger partial charge in [-0.1, -0.05) is 0 Å². The summed E-state index contributed by atoms with van der Waals surface area (Å²) in [6, 6.07) is 0.411. The zero-order valence-corrected chi connectivity index (χ0v) is 8.03. The number of hydrogen-bond acceptors (Lipinski definition) is 3. The summed E-state index contributed by atoms with van der Waals surface area (Å²) in [7, 11) is 0. The summed E-state index contributed by atoms with van der Waals surface area (Å²) in [4.78, 5) is 6.36. The minimum Gasteiger partial charge on any atom is -0.368 e. The zero-order chi connectivity index (χ0) is 9.68. The van der Waals surface area contributed by atoms with Crippen LogP contribution in [0.15, 0.2) is 4.99 Å². The van der Waals surface area contributed by atoms with Crippen molar-refractivity contribution in [1.82, 2.24) is 10.4 Å². The molecule has 1 rings (SSSR count). The molecule has 1 aliphatic rings. The monoisotopic (exact) mass is 186 g/mol. The third-order valence-electron chi connectivity index (χ3n) is 2.40. The first-order valence-corrected chi connectivity index (χ1v) is 4.68. The van der Waals surface area contributed by atoms with Crippen LogP contribution in [-0.2, 0) is 0 Å². The van der Waals surface area contributed by atoms with Crippen molar-refractivity contribution < 1.29 is 5.21 Å². The second-order valence-electron chi connectivity index (χ2n) is 3.43. The molecule has 1 heterocycles. The van der Waals surface area contributed by atoms with Crippen molar-refractivity contribution in [3.63, 3.8) is 0 Å². The number of hydrogen-bond donors (Lipinski definition) is 3. The molecule has 0 spiro atoms. The van der Waals surface area contributed by atoms with Gasteiger partial charge in [-0.2, -0.15) is 0 Å². The molecule has 4 N–H and O–H groups in total. The second-order valence-corrected chi connectivity index (χ2v) is 3.43. The van der Waals surface area contributed by atoms with Gasteiger partial charge in [0, 0.05) is 6.04 Å². The lowest BCUT2D eigenvalue weighted by Gasteiger charge is -2.21. The van der Waals surface area contributed by atoms with Crippen molar-refractivity contribution in [2.75, 3.05) is 19.6 Å². The number of likely N-dealkylation sites (tertiary alicyclic amines) is 1. The Hall–Kier alpha value is -0.810. The molecule has 5 heteroatoms. The Kier molecular flexibility index (Phi) is 3.98. The summed E-state index contributed by atoms with van der Waals surface area (Å²) in [5.74, 6) is 0.0889. The molecule has 1 fully saturated rings. The quantitative estimate of drug-likeness (QED) is 0.323. The Morgan fingerprint density at radius 3 is 2.77 bits per heavy atom. The third-order valence-corrected chi connectivity index (χ3v) is 2.40. The number of hydroxylamine groups is 1. The van der Waals surface area contributed by atoms with Crippen molar-refractivity contribution in [3.8, 4) is 0 Å². The first-order chi connectivity index (χ1) is 6.24. The molecule has 1 aliphatic heterocycles. The highest BCUT2D eigenvalue weighted by Crippen LogP contribution is 2.11. The smallest absolute Gasteiger partial charge is 0.212 e. The summed E-state index contributed by atoms with van der Waals surface area (Å²) in [6.07, 6.45) is 2.56. The van der Waals surface area contributed by atoms with E-state index in [0.717, 1.165) is 13.1 Å². The first kappa shape index (κ1) is 10.3. The predicted molar refractivity (Wildman–Crippen MR) is 51.7 cm³/mol. The van der Waals surface area contributed by atoms with Gasteiger partial charge >= 0.3 is 0 Å². The van der Waals surface area contributed by atoms with E-state index >= 15 is 0 Å². The van der Waals surface area contributed by atoms with E-state index in [1.807, 2.05) is 5.48 Å². The molecule has 0 radical (unpaired) electrons.